The number of hydrogen-bond donors (Lipinski definition) is 0. The number of hydrogen-bond acceptors (Lipinski definition) is 3. The van der Waals surface area contributed by atoms with Crippen LogP contribution in [0.2, 0.25) is 0 Å². The summed E-state index contributed by atoms with van der Waals surface area (Å²) >= 11 is 3.69. The minimum absolute atomic E-state index is 0.822. The first kappa shape index (κ1) is 16.4. The summed E-state index contributed by atoms with van der Waals surface area (Å²) in [5.41, 5.74) is 5.17. The van der Waals surface area contributed by atoms with E-state index in [2.05, 4.69) is 79.4 Å². The van der Waals surface area contributed by atoms with E-state index < -0.39 is 0 Å². The van der Waals surface area contributed by atoms with Gasteiger partial charge in [0.25, 0.3) is 5.01 Å². The molecule has 1 aliphatic rings. The van der Waals surface area contributed by atoms with Gasteiger partial charge < -0.3 is 4.90 Å². The van der Waals surface area contributed by atoms with Crippen molar-refractivity contribution in [3.8, 4) is 0 Å². The van der Waals surface area contributed by atoms with Crippen LogP contribution in [0, 0.1) is 13.8 Å². The lowest BCUT2D eigenvalue weighted by Gasteiger charge is -2.18. The number of anilines is 1. The van der Waals surface area contributed by atoms with E-state index in [9.17, 15) is 0 Å². The van der Waals surface area contributed by atoms with Crippen molar-refractivity contribution in [2.75, 3.05) is 11.4 Å². The maximum Gasteiger partial charge on any atom is 0.265 e. The van der Waals surface area contributed by atoms with Gasteiger partial charge in [0, 0.05) is 17.5 Å². The first-order valence-corrected chi connectivity index (χ1v) is 9.98. The van der Waals surface area contributed by atoms with Gasteiger partial charge in [-0.2, -0.15) is 4.57 Å². The van der Waals surface area contributed by atoms with Crippen LogP contribution in [0.15, 0.2) is 59.0 Å². The van der Waals surface area contributed by atoms with Crippen molar-refractivity contribution in [3.05, 3.63) is 70.2 Å². The zero-order chi connectivity index (χ0) is 17.6. The summed E-state index contributed by atoms with van der Waals surface area (Å²) in [5, 5.41) is 2.53. The number of thioether (sulfide) groups is 1. The van der Waals surface area contributed by atoms with Gasteiger partial charge >= 0.3 is 0 Å². The average Bonchev–Trinajstić information content (AvgIpc) is 3.06. The third kappa shape index (κ3) is 2.90. The summed E-state index contributed by atoms with van der Waals surface area (Å²) in [4.78, 5) is 3.67. The van der Waals surface area contributed by atoms with Gasteiger partial charge in [0.2, 0.25) is 5.52 Å². The van der Waals surface area contributed by atoms with Gasteiger partial charge in [-0.25, -0.2) is 0 Å². The van der Waals surface area contributed by atoms with Crippen molar-refractivity contribution in [3.63, 3.8) is 0 Å². The lowest BCUT2D eigenvalue weighted by atomic mass is 10.2. The molecule has 4 rings (SSSR count). The third-order valence-corrected chi connectivity index (χ3v) is 6.73. The second-order valence-electron chi connectivity index (χ2n) is 6.43. The molecule has 0 unspecified atom stereocenters. The van der Waals surface area contributed by atoms with Crippen molar-refractivity contribution >= 4 is 45.1 Å². The Morgan fingerprint density at radius 2 is 1.88 bits per heavy atom. The Morgan fingerprint density at radius 1 is 1.12 bits per heavy atom. The summed E-state index contributed by atoms with van der Waals surface area (Å²) in [6.07, 6.45) is 4.28. The smallest absolute Gasteiger partial charge is 0.265 e. The second kappa shape index (κ2) is 6.36. The molecule has 0 amide bonds. The predicted octanol–water partition coefficient (Wildman–Crippen LogP) is 5.44. The van der Waals surface area contributed by atoms with Crippen LogP contribution in [0.4, 0.5) is 5.69 Å². The van der Waals surface area contributed by atoms with E-state index in [0.717, 1.165) is 6.54 Å². The van der Waals surface area contributed by atoms with Crippen molar-refractivity contribution in [2.45, 2.75) is 18.7 Å². The van der Waals surface area contributed by atoms with Gasteiger partial charge in [-0.05, 0) is 43.2 Å². The molecular weight excluding hydrogens is 344 g/mol. The van der Waals surface area contributed by atoms with E-state index in [0.29, 0.717) is 0 Å². The Hall–Kier alpha value is -2.04. The molecule has 4 heteroatoms. The van der Waals surface area contributed by atoms with Gasteiger partial charge in [-0.15, -0.1) is 6.58 Å². The number of aryl methyl sites for hydroxylation is 3. The number of thiazole rings is 1. The molecule has 0 fully saturated rings. The Kier molecular flexibility index (Phi) is 4.18. The quantitative estimate of drug-likeness (QED) is 0.451. The maximum absolute atomic E-state index is 3.94. The van der Waals surface area contributed by atoms with E-state index in [1.54, 1.807) is 0 Å². The molecule has 3 aromatic rings. The molecule has 126 valence electrons. The fourth-order valence-corrected chi connectivity index (χ4v) is 5.50. The fraction of sp³-hybridized carbons (Fsp3) is 0.190. The molecule has 1 aliphatic heterocycles. The highest BCUT2D eigenvalue weighted by molar-refractivity contribution is 8.03. The van der Waals surface area contributed by atoms with E-state index >= 15 is 0 Å². The van der Waals surface area contributed by atoms with Gasteiger partial charge in [-0.1, -0.05) is 41.3 Å². The van der Waals surface area contributed by atoms with E-state index in [1.807, 2.05) is 29.2 Å². The number of aromatic nitrogens is 1. The SMILES string of the molecule is C=CCN1/C(=C/c2sc3cc(C)ccc3[n+]2C)Sc2ccc(C)cc21. The number of nitrogens with zero attached hydrogens (tertiary/aromatic N) is 2. The van der Waals surface area contributed by atoms with Gasteiger partial charge in [0.05, 0.1) is 16.8 Å². The van der Waals surface area contributed by atoms with Gasteiger partial charge in [-0.3, -0.25) is 0 Å². The fourth-order valence-electron chi connectivity index (χ4n) is 3.15. The summed E-state index contributed by atoms with van der Waals surface area (Å²) in [7, 11) is 2.15. The summed E-state index contributed by atoms with van der Waals surface area (Å²) in [6.45, 7) is 9.06. The topological polar surface area (TPSA) is 7.12 Å². The Bertz CT molecular complexity index is 1010. The highest BCUT2D eigenvalue weighted by Gasteiger charge is 2.26. The molecule has 2 nitrogen and oxygen atoms in total. The minimum Gasteiger partial charge on any atom is -0.331 e. The molecule has 0 saturated carbocycles. The van der Waals surface area contributed by atoms with Crippen LogP contribution in [0.1, 0.15) is 16.1 Å². The van der Waals surface area contributed by atoms with Crippen molar-refractivity contribution in [1.29, 1.82) is 0 Å². The van der Waals surface area contributed by atoms with E-state index in [4.69, 9.17) is 0 Å². The number of fused-ring (bicyclic) bond motifs is 2. The summed E-state index contributed by atoms with van der Waals surface area (Å²) in [5.74, 6) is 0. The molecule has 2 aromatic carbocycles. The van der Waals surface area contributed by atoms with E-state index in [1.165, 1.54) is 42.0 Å². The lowest BCUT2D eigenvalue weighted by molar-refractivity contribution is -0.642. The van der Waals surface area contributed by atoms with Crippen LogP contribution in [-0.4, -0.2) is 6.54 Å². The second-order valence-corrected chi connectivity index (χ2v) is 8.55. The Morgan fingerprint density at radius 3 is 2.68 bits per heavy atom. The molecule has 2 heterocycles. The first-order valence-electron chi connectivity index (χ1n) is 8.34. The molecule has 0 spiro atoms. The van der Waals surface area contributed by atoms with Crippen LogP contribution in [0.25, 0.3) is 16.3 Å². The highest BCUT2D eigenvalue weighted by Crippen LogP contribution is 2.47. The molecule has 0 atom stereocenters. The van der Waals surface area contributed by atoms with Crippen molar-refractivity contribution in [2.24, 2.45) is 7.05 Å². The molecular formula is C21H21N2S2+. The maximum atomic E-state index is 3.94. The van der Waals surface area contributed by atoms with Gasteiger partial charge in [0.15, 0.2) is 0 Å². The Balaban J connectivity index is 1.81. The highest BCUT2D eigenvalue weighted by atomic mass is 32.2. The van der Waals surface area contributed by atoms with Crippen LogP contribution in [-0.2, 0) is 7.05 Å². The molecule has 0 saturated heterocycles. The average molecular weight is 366 g/mol. The molecule has 0 radical (unpaired) electrons. The van der Waals surface area contributed by atoms with E-state index in [-0.39, 0.29) is 0 Å². The van der Waals surface area contributed by atoms with Crippen molar-refractivity contribution < 1.29 is 4.57 Å². The van der Waals surface area contributed by atoms with Crippen LogP contribution in [0.3, 0.4) is 0 Å². The standard InChI is InChI=1S/C21H21N2S2/c1-5-10-23-17-11-14(2)7-9-18(17)24-21(23)13-20-22(4)16-8-6-15(3)12-19(16)25-20/h5-9,11-13H,1,10H2,2-4H3/q+1. The van der Waals surface area contributed by atoms with Crippen LogP contribution >= 0.6 is 23.1 Å². The zero-order valence-corrected chi connectivity index (χ0v) is 16.4. The summed E-state index contributed by atoms with van der Waals surface area (Å²) in [6, 6.07) is 13.3. The third-order valence-electron chi connectivity index (χ3n) is 4.47. The van der Waals surface area contributed by atoms with Crippen molar-refractivity contribution in [1.82, 2.24) is 0 Å². The molecule has 0 aliphatic carbocycles. The Labute approximate surface area is 157 Å². The summed E-state index contributed by atoms with van der Waals surface area (Å²) < 4.78 is 3.62. The number of rotatable bonds is 3. The predicted molar refractivity (Wildman–Crippen MR) is 110 cm³/mol. The molecule has 25 heavy (non-hydrogen) atoms. The van der Waals surface area contributed by atoms with Crippen LogP contribution in [0.5, 0.6) is 0 Å². The van der Waals surface area contributed by atoms with Gasteiger partial charge in [0.1, 0.15) is 11.7 Å². The zero-order valence-electron chi connectivity index (χ0n) is 14.7. The number of benzene rings is 2. The molecule has 0 bridgehead atoms. The minimum atomic E-state index is 0.822. The first-order chi connectivity index (χ1) is 12.1. The molecule has 1 aromatic heterocycles. The normalized spacial score (nSPS) is 15.2. The largest absolute Gasteiger partial charge is 0.331 e. The lowest BCUT2D eigenvalue weighted by Crippen LogP contribution is -2.29. The monoisotopic (exact) mass is 365 g/mol. The molecule has 0 N–H and O–H groups in total. The van der Waals surface area contributed by atoms with Crippen LogP contribution < -0.4 is 9.47 Å².